The third-order valence-corrected chi connectivity index (χ3v) is 4.44. The van der Waals surface area contributed by atoms with E-state index in [4.69, 9.17) is 4.74 Å². The summed E-state index contributed by atoms with van der Waals surface area (Å²) in [7, 11) is 0. The molecule has 1 unspecified atom stereocenters. The smallest absolute Gasteiger partial charge is 0.306 e. The minimum Gasteiger partial charge on any atom is -0.471 e. The van der Waals surface area contributed by atoms with Gasteiger partial charge < -0.3 is 10.1 Å². The third-order valence-electron chi connectivity index (χ3n) is 4.44. The average molecular weight is 361 g/mol. The molecule has 0 bridgehead atoms. The van der Waals surface area contributed by atoms with Gasteiger partial charge in [0.25, 0.3) is 11.6 Å². The Kier molecular flexibility index (Phi) is 5.68. The number of amides is 1. The molecule has 7 nitrogen and oxygen atoms in total. The molecular weight excluding hydrogens is 334 g/mol. The first-order valence-corrected chi connectivity index (χ1v) is 8.82. The summed E-state index contributed by atoms with van der Waals surface area (Å²) < 4.78 is 5.40. The van der Waals surface area contributed by atoms with Crippen molar-refractivity contribution >= 4 is 17.5 Å². The van der Waals surface area contributed by atoms with Gasteiger partial charge in [0, 0.05) is 17.7 Å². The predicted octanol–water partition coefficient (Wildman–Crippen LogP) is 3.58. The van der Waals surface area contributed by atoms with Gasteiger partial charge in [0.2, 0.25) is 0 Å². The molecule has 1 amide bonds. The van der Waals surface area contributed by atoms with Gasteiger partial charge in [-0.15, -0.1) is 0 Å². The number of hydrogen-bond acceptors (Lipinski definition) is 5. The van der Waals surface area contributed by atoms with E-state index in [0.29, 0.717) is 13.0 Å². The number of rotatable bonds is 7. The van der Waals surface area contributed by atoms with Crippen molar-refractivity contribution in [3.63, 3.8) is 0 Å². The SMILES string of the molecule is CCC(CC(C)(C)NC(=O)C1=NC(C)(C)CO1)c1ccc([N+](=O)[O-])cc1. The fourth-order valence-electron chi connectivity index (χ4n) is 3.09. The topological polar surface area (TPSA) is 93.8 Å². The van der Waals surface area contributed by atoms with E-state index >= 15 is 0 Å². The standard InChI is InChI=1S/C19H27N3O4/c1-6-13(14-7-9-15(10-8-14)22(24)25)11-18(2,3)20-16(23)17-21-19(4,5)12-26-17/h7-10,13H,6,11-12H2,1-5H3,(H,20,23). The van der Waals surface area contributed by atoms with Gasteiger partial charge in [-0.05, 0) is 52.0 Å². The third kappa shape index (κ3) is 5.03. The van der Waals surface area contributed by atoms with Gasteiger partial charge in [0.1, 0.15) is 6.61 Å². The van der Waals surface area contributed by atoms with Crippen LogP contribution in [0.5, 0.6) is 0 Å². The summed E-state index contributed by atoms with van der Waals surface area (Å²) in [5.74, 6) is -0.000401. The summed E-state index contributed by atoms with van der Waals surface area (Å²) in [6.45, 7) is 10.2. The molecule has 1 heterocycles. The van der Waals surface area contributed by atoms with Crippen molar-refractivity contribution in [2.75, 3.05) is 6.61 Å². The van der Waals surface area contributed by atoms with E-state index in [9.17, 15) is 14.9 Å². The lowest BCUT2D eigenvalue weighted by molar-refractivity contribution is -0.384. The molecule has 1 aromatic rings. The molecule has 1 aliphatic heterocycles. The van der Waals surface area contributed by atoms with E-state index in [2.05, 4.69) is 17.2 Å². The van der Waals surface area contributed by atoms with Crippen molar-refractivity contribution in [3.05, 3.63) is 39.9 Å². The molecule has 0 radical (unpaired) electrons. The number of nitrogens with zero attached hydrogens (tertiary/aromatic N) is 2. The number of nitro benzene ring substituents is 1. The summed E-state index contributed by atoms with van der Waals surface area (Å²) in [6.07, 6.45) is 1.56. The van der Waals surface area contributed by atoms with E-state index in [1.54, 1.807) is 12.1 Å². The number of benzene rings is 1. The molecule has 0 saturated heterocycles. The molecule has 0 aliphatic carbocycles. The Hall–Kier alpha value is -2.44. The van der Waals surface area contributed by atoms with E-state index < -0.39 is 10.5 Å². The Bertz CT molecular complexity index is 708. The van der Waals surface area contributed by atoms with Gasteiger partial charge in [-0.1, -0.05) is 19.1 Å². The Morgan fingerprint density at radius 1 is 1.38 bits per heavy atom. The first kappa shape index (κ1) is 19.9. The molecule has 2 rings (SSSR count). The van der Waals surface area contributed by atoms with Crippen molar-refractivity contribution in [2.24, 2.45) is 4.99 Å². The molecule has 1 N–H and O–H groups in total. The van der Waals surface area contributed by atoms with Crippen LogP contribution < -0.4 is 5.32 Å². The second-order valence-corrected chi connectivity index (χ2v) is 8.01. The van der Waals surface area contributed by atoms with Gasteiger partial charge in [-0.3, -0.25) is 14.9 Å². The van der Waals surface area contributed by atoms with Gasteiger partial charge in [-0.2, -0.15) is 0 Å². The minimum atomic E-state index is -0.474. The van der Waals surface area contributed by atoms with Crippen molar-refractivity contribution in [2.45, 2.75) is 64.5 Å². The highest BCUT2D eigenvalue weighted by Gasteiger charge is 2.33. The summed E-state index contributed by atoms with van der Waals surface area (Å²) in [5.41, 5.74) is 0.255. The van der Waals surface area contributed by atoms with E-state index in [1.165, 1.54) is 12.1 Å². The fraction of sp³-hybridized carbons (Fsp3) is 0.579. The molecule has 1 aliphatic rings. The van der Waals surface area contributed by atoms with E-state index in [-0.39, 0.29) is 28.9 Å². The predicted molar refractivity (Wildman–Crippen MR) is 100 cm³/mol. The summed E-state index contributed by atoms with van der Waals surface area (Å²) in [4.78, 5) is 27.1. The van der Waals surface area contributed by atoms with Crippen LogP contribution in [0.4, 0.5) is 5.69 Å². The maximum atomic E-state index is 12.4. The molecule has 1 atom stereocenters. The summed E-state index contributed by atoms with van der Waals surface area (Å²) in [5, 5.41) is 13.8. The Morgan fingerprint density at radius 3 is 2.46 bits per heavy atom. The molecule has 0 saturated carbocycles. The molecule has 0 fully saturated rings. The highest BCUT2D eigenvalue weighted by molar-refractivity contribution is 6.35. The van der Waals surface area contributed by atoms with Crippen molar-refractivity contribution in [1.29, 1.82) is 0 Å². The first-order chi connectivity index (χ1) is 12.0. The Labute approximate surface area is 154 Å². The maximum absolute atomic E-state index is 12.4. The van der Waals surface area contributed by atoms with E-state index in [0.717, 1.165) is 12.0 Å². The van der Waals surface area contributed by atoms with Crippen LogP contribution in [0.3, 0.4) is 0 Å². The lowest BCUT2D eigenvalue weighted by Crippen LogP contribution is -2.47. The minimum absolute atomic E-state index is 0.0789. The molecular formula is C19H27N3O4. The first-order valence-electron chi connectivity index (χ1n) is 8.82. The lowest BCUT2D eigenvalue weighted by atomic mass is 9.84. The lowest BCUT2D eigenvalue weighted by Gasteiger charge is -2.30. The number of carbonyl (C=O) groups excluding carboxylic acids is 1. The Morgan fingerprint density at radius 2 is 2.00 bits per heavy atom. The molecule has 0 spiro atoms. The molecule has 142 valence electrons. The highest BCUT2D eigenvalue weighted by atomic mass is 16.6. The molecule has 1 aromatic carbocycles. The average Bonchev–Trinajstić information content (AvgIpc) is 2.92. The maximum Gasteiger partial charge on any atom is 0.306 e. The van der Waals surface area contributed by atoms with Gasteiger partial charge in [0.15, 0.2) is 0 Å². The van der Waals surface area contributed by atoms with E-state index in [1.807, 2.05) is 27.7 Å². The number of aliphatic imine (C=N–C) groups is 1. The van der Waals surface area contributed by atoms with Crippen molar-refractivity contribution in [1.82, 2.24) is 5.32 Å². The molecule has 26 heavy (non-hydrogen) atoms. The second kappa shape index (κ2) is 7.43. The van der Waals surface area contributed by atoms with Crippen LogP contribution >= 0.6 is 0 Å². The number of non-ortho nitro benzene ring substituents is 1. The van der Waals surface area contributed by atoms with Gasteiger partial charge >= 0.3 is 5.91 Å². The van der Waals surface area contributed by atoms with Crippen LogP contribution in [0.1, 0.15) is 58.9 Å². The van der Waals surface area contributed by atoms with Crippen LogP contribution in [-0.4, -0.2) is 34.4 Å². The van der Waals surface area contributed by atoms with Crippen molar-refractivity contribution in [3.8, 4) is 0 Å². The zero-order chi connectivity index (χ0) is 19.5. The summed E-state index contributed by atoms with van der Waals surface area (Å²) in [6, 6.07) is 6.62. The van der Waals surface area contributed by atoms with Crippen molar-refractivity contribution < 1.29 is 14.5 Å². The van der Waals surface area contributed by atoms with Gasteiger partial charge in [-0.25, -0.2) is 4.99 Å². The quantitative estimate of drug-likeness (QED) is 0.593. The monoisotopic (exact) mass is 361 g/mol. The molecule has 7 heteroatoms. The number of ether oxygens (including phenoxy) is 1. The Balaban J connectivity index is 2.06. The van der Waals surface area contributed by atoms with Crippen LogP contribution in [0.2, 0.25) is 0 Å². The number of nitro groups is 1. The van der Waals surface area contributed by atoms with Gasteiger partial charge in [0.05, 0.1) is 10.5 Å². The number of hydrogen-bond donors (Lipinski definition) is 1. The van der Waals surface area contributed by atoms with Crippen LogP contribution in [0.25, 0.3) is 0 Å². The largest absolute Gasteiger partial charge is 0.471 e. The highest BCUT2D eigenvalue weighted by Crippen LogP contribution is 2.30. The van der Waals surface area contributed by atoms with Crippen LogP contribution in [0.15, 0.2) is 29.3 Å². The second-order valence-electron chi connectivity index (χ2n) is 8.01. The van der Waals surface area contributed by atoms with Crippen LogP contribution in [0, 0.1) is 10.1 Å². The summed E-state index contributed by atoms with van der Waals surface area (Å²) >= 11 is 0. The zero-order valence-electron chi connectivity index (χ0n) is 16.0. The molecule has 0 aromatic heterocycles. The fourth-order valence-corrected chi connectivity index (χ4v) is 3.09. The number of carbonyl (C=O) groups is 1. The number of nitrogens with one attached hydrogen (secondary N) is 1. The van der Waals surface area contributed by atoms with Crippen LogP contribution in [-0.2, 0) is 9.53 Å². The normalized spacial score (nSPS) is 17.2. The zero-order valence-corrected chi connectivity index (χ0v) is 16.0.